The third-order valence-corrected chi connectivity index (χ3v) is 5.87. The fourth-order valence-electron chi connectivity index (χ4n) is 4.27. The number of halogens is 1. The molecule has 0 radical (unpaired) electrons. The van der Waals surface area contributed by atoms with Gasteiger partial charge in [-0.3, -0.25) is 9.59 Å². The van der Waals surface area contributed by atoms with E-state index >= 15 is 0 Å². The van der Waals surface area contributed by atoms with Gasteiger partial charge in [-0.25, -0.2) is 9.29 Å². The van der Waals surface area contributed by atoms with Crippen LogP contribution >= 0.6 is 0 Å². The average Bonchev–Trinajstić information content (AvgIpc) is 3.07. The van der Waals surface area contributed by atoms with Crippen LogP contribution in [0.4, 0.5) is 15.8 Å². The van der Waals surface area contributed by atoms with Crippen LogP contribution in [0.15, 0.2) is 42.5 Å². The van der Waals surface area contributed by atoms with Crippen molar-refractivity contribution < 1.29 is 28.4 Å². The summed E-state index contributed by atoms with van der Waals surface area (Å²) in [6.45, 7) is 2.57. The molecule has 2 saturated heterocycles. The topological polar surface area (TPSA) is 63.5 Å². The highest BCUT2D eigenvalue weighted by atomic mass is 19.1. The molecule has 2 aromatic carbocycles. The number of hydrogen-bond acceptors (Lipinski definition) is 5. The Kier molecular flexibility index (Phi) is 5.59. The van der Waals surface area contributed by atoms with Gasteiger partial charge in [0.2, 0.25) is 5.91 Å². The van der Waals surface area contributed by atoms with Gasteiger partial charge in [-0.2, -0.15) is 0 Å². The van der Waals surface area contributed by atoms with E-state index in [-0.39, 0.29) is 24.1 Å². The molecule has 2 amide bonds. The lowest BCUT2D eigenvalue weighted by Gasteiger charge is -2.35. The van der Waals surface area contributed by atoms with Crippen molar-refractivity contribution in [2.24, 2.45) is 0 Å². The number of nitrogens with one attached hydrogen (secondary N) is 1. The molecule has 8 heteroatoms. The second-order valence-electron chi connectivity index (χ2n) is 7.46. The van der Waals surface area contributed by atoms with Crippen molar-refractivity contribution in [3.05, 3.63) is 48.3 Å². The van der Waals surface area contributed by atoms with E-state index in [4.69, 9.17) is 9.47 Å². The molecular formula is C22H25FN3O4+. The van der Waals surface area contributed by atoms with Gasteiger partial charge in [0.25, 0.3) is 5.91 Å². The molecule has 158 valence electrons. The van der Waals surface area contributed by atoms with Gasteiger partial charge in [0.15, 0.2) is 6.04 Å². The van der Waals surface area contributed by atoms with Crippen LogP contribution in [0.1, 0.15) is 6.42 Å². The van der Waals surface area contributed by atoms with Crippen molar-refractivity contribution in [3.8, 4) is 11.5 Å². The number of nitrogens with zero attached hydrogens (tertiary/aromatic N) is 2. The summed E-state index contributed by atoms with van der Waals surface area (Å²) in [6.07, 6.45) is 0.156. The molecule has 1 N–H and O–H groups in total. The Hall–Kier alpha value is -3.13. The number of hydrogen-bond donors (Lipinski definition) is 1. The maximum Gasteiger partial charge on any atom is 0.292 e. The zero-order valence-electron chi connectivity index (χ0n) is 17.1. The predicted molar refractivity (Wildman–Crippen MR) is 110 cm³/mol. The smallest absolute Gasteiger partial charge is 0.292 e. The van der Waals surface area contributed by atoms with E-state index in [1.807, 2.05) is 11.0 Å². The van der Waals surface area contributed by atoms with Crippen molar-refractivity contribution in [1.29, 1.82) is 0 Å². The van der Waals surface area contributed by atoms with Crippen LogP contribution < -0.4 is 24.2 Å². The lowest BCUT2D eigenvalue weighted by atomic mass is 10.1. The first kappa shape index (κ1) is 20.2. The van der Waals surface area contributed by atoms with E-state index in [1.165, 1.54) is 18.1 Å². The highest BCUT2D eigenvalue weighted by Gasteiger charge is 2.47. The highest BCUT2D eigenvalue weighted by molar-refractivity contribution is 6.22. The van der Waals surface area contributed by atoms with E-state index in [0.717, 1.165) is 4.90 Å². The Bertz CT molecular complexity index is 959. The highest BCUT2D eigenvalue weighted by Crippen LogP contribution is 2.34. The van der Waals surface area contributed by atoms with E-state index in [9.17, 15) is 14.0 Å². The Morgan fingerprint density at radius 2 is 1.73 bits per heavy atom. The van der Waals surface area contributed by atoms with Gasteiger partial charge in [-0.15, -0.1) is 0 Å². The maximum absolute atomic E-state index is 14.1. The summed E-state index contributed by atoms with van der Waals surface area (Å²) in [6, 6.07) is 11.3. The number of rotatable bonds is 5. The molecule has 0 aliphatic carbocycles. The van der Waals surface area contributed by atoms with Gasteiger partial charge in [0.05, 0.1) is 58.2 Å². The van der Waals surface area contributed by atoms with Gasteiger partial charge in [0.1, 0.15) is 17.3 Å². The summed E-state index contributed by atoms with van der Waals surface area (Å²) in [4.78, 5) is 30.2. The minimum atomic E-state index is -0.438. The summed E-state index contributed by atoms with van der Waals surface area (Å²) in [5.74, 6) is 0.290. The molecular weight excluding hydrogens is 389 g/mol. The monoisotopic (exact) mass is 414 g/mol. The first-order valence-corrected chi connectivity index (χ1v) is 9.96. The number of anilines is 2. The van der Waals surface area contributed by atoms with Crippen molar-refractivity contribution >= 4 is 23.2 Å². The fraction of sp³-hybridized carbons (Fsp3) is 0.364. The molecule has 0 unspecified atom stereocenters. The van der Waals surface area contributed by atoms with Crippen molar-refractivity contribution in [3.63, 3.8) is 0 Å². The number of amides is 2. The molecule has 2 aliphatic heterocycles. The SMILES string of the molecule is COc1ccc(N2C(=O)C[C@H]([NH+]3CCN(c4ccccc4F)CC3)C2=O)c(OC)c1. The van der Waals surface area contributed by atoms with Crippen molar-refractivity contribution in [2.75, 3.05) is 50.2 Å². The van der Waals surface area contributed by atoms with E-state index in [2.05, 4.69) is 0 Å². The molecule has 2 aromatic rings. The number of para-hydroxylation sites is 1. The molecule has 30 heavy (non-hydrogen) atoms. The van der Waals surface area contributed by atoms with Crippen LogP contribution in [0.3, 0.4) is 0 Å². The third-order valence-electron chi connectivity index (χ3n) is 5.87. The standard InChI is InChI=1S/C22H24FN3O4/c1-29-15-7-8-18(20(13-15)30-2)26-21(27)14-19(22(26)28)25-11-9-24(10-12-25)17-6-4-3-5-16(17)23/h3-8,13,19H,9-12,14H2,1-2H3/p+1/t19-/m0/s1. The number of methoxy groups -OCH3 is 2. The zero-order chi connectivity index (χ0) is 21.3. The van der Waals surface area contributed by atoms with Gasteiger partial charge in [-0.05, 0) is 24.3 Å². The molecule has 0 saturated carbocycles. The second-order valence-corrected chi connectivity index (χ2v) is 7.46. The van der Waals surface area contributed by atoms with Crippen LogP contribution in [0.5, 0.6) is 11.5 Å². The Labute approximate surface area is 174 Å². The number of carbonyl (C=O) groups excluding carboxylic acids is 2. The average molecular weight is 414 g/mol. The summed E-state index contributed by atoms with van der Waals surface area (Å²) in [5.41, 5.74) is 1.01. The molecule has 2 fully saturated rings. The molecule has 1 atom stereocenters. The zero-order valence-corrected chi connectivity index (χ0v) is 17.1. The summed E-state index contributed by atoms with van der Waals surface area (Å²) in [5, 5.41) is 0. The molecule has 2 aliphatic rings. The number of benzene rings is 2. The predicted octanol–water partition coefficient (Wildman–Crippen LogP) is 0.880. The largest absolute Gasteiger partial charge is 0.497 e. The summed E-state index contributed by atoms with van der Waals surface area (Å²) in [7, 11) is 3.04. The minimum absolute atomic E-state index is 0.156. The van der Waals surface area contributed by atoms with Crippen molar-refractivity contribution in [2.45, 2.75) is 12.5 Å². The molecule has 0 aromatic heterocycles. The lowest BCUT2D eigenvalue weighted by Crippen LogP contribution is -3.19. The number of ether oxygens (including phenoxy) is 2. The van der Waals surface area contributed by atoms with E-state index in [1.54, 1.807) is 37.4 Å². The van der Waals surface area contributed by atoms with Crippen molar-refractivity contribution in [1.82, 2.24) is 0 Å². The van der Waals surface area contributed by atoms with Gasteiger partial charge < -0.3 is 19.3 Å². The van der Waals surface area contributed by atoms with Gasteiger partial charge in [-0.1, -0.05) is 12.1 Å². The maximum atomic E-state index is 14.1. The lowest BCUT2D eigenvalue weighted by molar-refractivity contribution is -0.915. The second kappa shape index (κ2) is 8.31. The van der Waals surface area contributed by atoms with E-state index < -0.39 is 6.04 Å². The van der Waals surface area contributed by atoms with E-state index in [0.29, 0.717) is 49.1 Å². The molecule has 0 spiro atoms. The first-order chi connectivity index (χ1) is 14.5. The summed E-state index contributed by atoms with van der Waals surface area (Å²) < 4.78 is 24.6. The van der Waals surface area contributed by atoms with Gasteiger partial charge in [0, 0.05) is 6.07 Å². The summed E-state index contributed by atoms with van der Waals surface area (Å²) >= 11 is 0. The van der Waals surface area contributed by atoms with Crippen LogP contribution in [0.25, 0.3) is 0 Å². The molecule has 4 rings (SSSR count). The number of quaternary nitrogens is 1. The number of imide groups is 1. The van der Waals surface area contributed by atoms with Gasteiger partial charge >= 0.3 is 0 Å². The fourth-order valence-corrected chi connectivity index (χ4v) is 4.27. The quantitative estimate of drug-likeness (QED) is 0.736. The minimum Gasteiger partial charge on any atom is -0.497 e. The number of piperazine rings is 1. The van der Waals surface area contributed by atoms with Crippen LogP contribution in [0.2, 0.25) is 0 Å². The first-order valence-electron chi connectivity index (χ1n) is 9.96. The molecule has 0 bridgehead atoms. The Balaban J connectivity index is 1.48. The normalized spacial score (nSPS) is 20.0. The molecule has 7 nitrogen and oxygen atoms in total. The van der Waals surface area contributed by atoms with Crippen LogP contribution in [-0.4, -0.2) is 58.3 Å². The van der Waals surface area contributed by atoms with Crippen LogP contribution in [-0.2, 0) is 9.59 Å². The Morgan fingerprint density at radius 3 is 2.40 bits per heavy atom. The van der Waals surface area contributed by atoms with Crippen LogP contribution in [0, 0.1) is 5.82 Å². The number of carbonyl (C=O) groups is 2. The molecule has 2 heterocycles. The third kappa shape index (κ3) is 3.59. The Morgan fingerprint density at radius 1 is 1.00 bits per heavy atom.